The number of hydrogen-bond acceptors (Lipinski definition) is 4. The van der Waals surface area contributed by atoms with Crippen LogP contribution in [0.4, 0.5) is 5.69 Å². The molecule has 1 atom stereocenters. The Bertz CT molecular complexity index is 768. The number of carbonyl (C=O) groups excluding carboxylic acids is 1. The Kier molecular flexibility index (Phi) is 4.63. The fourth-order valence-corrected chi connectivity index (χ4v) is 3.50. The van der Waals surface area contributed by atoms with Crippen LogP contribution in [0.15, 0.2) is 41.4 Å². The zero-order chi connectivity index (χ0) is 16.2. The Morgan fingerprint density at radius 3 is 2.87 bits per heavy atom. The summed E-state index contributed by atoms with van der Waals surface area (Å²) < 4.78 is 0. The van der Waals surface area contributed by atoms with Gasteiger partial charge in [0.25, 0.3) is 0 Å². The number of nitriles is 1. The van der Waals surface area contributed by atoms with Crippen LogP contribution in [0.2, 0.25) is 0 Å². The monoisotopic (exact) mass is 323 g/mol. The van der Waals surface area contributed by atoms with E-state index in [4.69, 9.17) is 0 Å². The summed E-state index contributed by atoms with van der Waals surface area (Å²) in [7, 11) is 0. The highest BCUT2D eigenvalue weighted by Gasteiger charge is 2.21. The lowest BCUT2D eigenvalue weighted by Crippen LogP contribution is -2.22. The minimum Gasteiger partial charge on any atom is -0.325 e. The van der Waals surface area contributed by atoms with Gasteiger partial charge in [-0.15, -0.1) is 0 Å². The molecule has 5 heteroatoms. The van der Waals surface area contributed by atoms with E-state index in [0.29, 0.717) is 10.6 Å². The number of aromatic nitrogens is 1. The van der Waals surface area contributed by atoms with E-state index in [0.717, 1.165) is 30.6 Å². The third-order valence-corrected chi connectivity index (χ3v) is 4.94. The van der Waals surface area contributed by atoms with Crippen molar-refractivity contribution < 1.29 is 4.79 Å². The van der Waals surface area contributed by atoms with E-state index in [-0.39, 0.29) is 11.2 Å². The van der Waals surface area contributed by atoms with Crippen molar-refractivity contribution in [2.45, 2.75) is 36.5 Å². The van der Waals surface area contributed by atoms with E-state index in [1.54, 1.807) is 0 Å². The number of pyridine rings is 1. The van der Waals surface area contributed by atoms with Crippen LogP contribution in [0, 0.1) is 11.3 Å². The van der Waals surface area contributed by atoms with Crippen LogP contribution < -0.4 is 5.32 Å². The predicted molar refractivity (Wildman–Crippen MR) is 91.4 cm³/mol. The second kappa shape index (κ2) is 6.84. The van der Waals surface area contributed by atoms with Crippen molar-refractivity contribution in [2.75, 3.05) is 5.32 Å². The Hall–Kier alpha value is -2.32. The second-order valence-corrected chi connectivity index (χ2v) is 6.86. The number of aryl methyl sites for hydroxylation is 2. The standard InChI is InChI=1S/C18H17N3OS/c1-12(17(22)20-15-7-3-2-4-8-15)23-18-14(11-19)10-13-6-5-9-16(13)21-18/h2-4,7-8,10,12H,5-6,9H2,1H3,(H,20,22). The minimum absolute atomic E-state index is 0.0904. The Balaban J connectivity index is 1.74. The lowest BCUT2D eigenvalue weighted by atomic mass is 10.2. The molecule has 1 aromatic carbocycles. The number of carbonyl (C=O) groups is 1. The highest BCUT2D eigenvalue weighted by molar-refractivity contribution is 8.00. The molecule has 1 unspecified atom stereocenters. The van der Waals surface area contributed by atoms with Crippen molar-refractivity contribution in [3.05, 3.63) is 53.2 Å². The van der Waals surface area contributed by atoms with Gasteiger partial charge >= 0.3 is 0 Å². The third kappa shape index (κ3) is 3.54. The number of nitrogens with one attached hydrogen (secondary N) is 1. The van der Waals surface area contributed by atoms with Crippen molar-refractivity contribution in [2.24, 2.45) is 0 Å². The van der Waals surface area contributed by atoms with Gasteiger partial charge in [-0.1, -0.05) is 30.0 Å². The Morgan fingerprint density at radius 1 is 1.35 bits per heavy atom. The lowest BCUT2D eigenvalue weighted by Gasteiger charge is -2.13. The van der Waals surface area contributed by atoms with Crippen LogP contribution in [-0.4, -0.2) is 16.1 Å². The largest absolute Gasteiger partial charge is 0.325 e. The number of para-hydroxylation sites is 1. The van der Waals surface area contributed by atoms with Gasteiger partial charge in [0.2, 0.25) is 5.91 Å². The van der Waals surface area contributed by atoms with Gasteiger partial charge in [0, 0.05) is 11.4 Å². The fraction of sp³-hybridized carbons (Fsp3) is 0.278. The number of thioether (sulfide) groups is 1. The average molecular weight is 323 g/mol. The third-order valence-electron chi connectivity index (χ3n) is 3.84. The average Bonchev–Trinajstić information content (AvgIpc) is 3.02. The molecular formula is C18H17N3OS. The van der Waals surface area contributed by atoms with Gasteiger partial charge in [-0.25, -0.2) is 4.98 Å². The molecular weight excluding hydrogens is 306 g/mol. The predicted octanol–water partition coefficient (Wildman–Crippen LogP) is 3.56. The molecule has 0 saturated carbocycles. The van der Waals surface area contributed by atoms with Crippen molar-refractivity contribution in [3.8, 4) is 6.07 Å². The fourth-order valence-electron chi connectivity index (χ4n) is 2.61. The summed E-state index contributed by atoms with van der Waals surface area (Å²) in [5, 5.41) is 12.5. The topological polar surface area (TPSA) is 65.8 Å². The number of fused-ring (bicyclic) bond motifs is 1. The van der Waals surface area contributed by atoms with Gasteiger partial charge in [-0.05, 0) is 49.9 Å². The van der Waals surface area contributed by atoms with E-state index in [2.05, 4.69) is 16.4 Å². The summed E-state index contributed by atoms with van der Waals surface area (Å²) in [6.07, 6.45) is 3.04. The first-order valence-corrected chi connectivity index (χ1v) is 8.51. The van der Waals surface area contributed by atoms with Crippen LogP contribution in [0.1, 0.15) is 30.2 Å². The molecule has 4 nitrogen and oxygen atoms in total. The Morgan fingerprint density at radius 2 is 2.13 bits per heavy atom. The van der Waals surface area contributed by atoms with E-state index in [9.17, 15) is 10.1 Å². The summed E-state index contributed by atoms with van der Waals surface area (Å²) >= 11 is 1.34. The van der Waals surface area contributed by atoms with Crippen molar-refractivity contribution in [3.63, 3.8) is 0 Å². The first-order chi connectivity index (χ1) is 11.2. The number of hydrogen-bond donors (Lipinski definition) is 1. The van der Waals surface area contributed by atoms with Crippen molar-refractivity contribution >= 4 is 23.4 Å². The quantitative estimate of drug-likeness (QED) is 0.874. The van der Waals surface area contributed by atoms with Gasteiger partial charge in [-0.3, -0.25) is 4.79 Å². The summed E-state index contributed by atoms with van der Waals surface area (Å²) in [6, 6.07) is 13.5. The molecule has 1 aliphatic carbocycles. The van der Waals surface area contributed by atoms with Gasteiger partial charge in [0.05, 0.1) is 10.8 Å². The van der Waals surface area contributed by atoms with Crippen molar-refractivity contribution in [1.82, 2.24) is 4.98 Å². The highest BCUT2D eigenvalue weighted by Crippen LogP contribution is 2.30. The number of amides is 1. The summed E-state index contributed by atoms with van der Waals surface area (Å²) in [4.78, 5) is 16.9. The Labute approximate surface area is 139 Å². The number of rotatable bonds is 4. The van der Waals surface area contributed by atoms with Crippen LogP contribution >= 0.6 is 11.8 Å². The summed E-state index contributed by atoms with van der Waals surface area (Å²) in [5.74, 6) is -0.0904. The first-order valence-electron chi connectivity index (χ1n) is 7.63. The second-order valence-electron chi connectivity index (χ2n) is 5.53. The summed E-state index contributed by atoms with van der Waals surface area (Å²) in [5.41, 5.74) is 3.58. The molecule has 2 aromatic rings. The van der Waals surface area contributed by atoms with Crippen LogP contribution in [0.5, 0.6) is 0 Å². The molecule has 0 aliphatic heterocycles. The molecule has 0 fully saturated rings. The molecule has 3 rings (SSSR count). The minimum atomic E-state index is -0.325. The SMILES string of the molecule is CC(Sc1nc2c(cc1C#N)CCC2)C(=O)Nc1ccccc1. The van der Waals surface area contributed by atoms with E-state index >= 15 is 0 Å². The van der Waals surface area contributed by atoms with Gasteiger partial charge in [0.1, 0.15) is 11.1 Å². The van der Waals surface area contributed by atoms with Gasteiger partial charge < -0.3 is 5.32 Å². The molecule has 1 aromatic heterocycles. The molecule has 0 spiro atoms. The zero-order valence-electron chi connectivity index (χ0n) is 12.9. The van der Waals surface area contributed by atoms with Crippen LogP contribution in [0.25, 0.3) is 0 Å². The van der Waals surface area contributed by atoms with Gasteiger partial charge in [-0.2, -0.15) is 5.26 Å². The molecule has 0 saturated heterocycles. The number of nitrogens with zero attached hydrogens (tertiary/aromatic N) is 2. The summed E-state index contributed by atoms with van der Waals surface area (Å²) in [6.45, 7) is 1.83. The number of anilines is 1. The van der Waals surface area contributed by atoms with Gasteiger partial charge in [0.15, 0.2) is 0 Å². The van der Waals surface area contributed by atoms with Crippen LogP contribution in [0.3, 0.4) is 0 Å². The van der Waals surface area contributed by atoms with E-state index in [1.165, 1.54) is 17.3 Å². The smallest absolute Gasteiger partial charge is 0.237 e. The van der Waals surface area contributed by atoms with Crippen LogP contribution in [-0.2, 0) is 17.6 Å². The maximum atomic E-state index is 12.3. The molecule has 116 valence electrons. The molecule has 0 bridgehead atoms. The zero-order valence-corrected chi connectivity index (χ0v) is 13.7. The molecule has 0 radical (unpaired) electrons. The number of benzene rings is 1. The molecule has 1 heterocycles. The maximum Gasteiger partial charge on any atom is 0.237 e. The lowest BCUT2D eigenvalue weighted by molar-refractivity contribution is -0.115. The molecule has 1 amide bonds. The van der Waals surface area contributed by atoms with E-state index < -0.39 is 0 Å². The highest BCUT2D eigenvalue weighted by atomic mass is 32.2. The molecule has 1 aliphatic rings. The maximum absolute atomic E-state index is 12.3. The first kappa shape index (κ1) is 15.6. The van der Waals surface area contributed by atoms with Crippen molar-refractivity contribution in [1.29, 1.82) is 5.26 Å². The normalized spacial score (nSPS) is 13.9. The molecule has 1 N–H and O–H groups in total. The molecule has 23 heavy (non-hydrogen) atoms. The van der Waals surface area contributed by atoms with E-state index in [1.807, 2.05) is 43.3 Å².